The fraction of sp³-hybridized carbons (Fsp3) is 0.533. The molecule has 2 aliphatic heterocycles. The molecule has 5 rings (SSSR count). The molecule has 2 fully saturated rings. The van der Waals surface area contributed by atoms with Crippen molar-refractivity contribution in [2.75, 3.05) is 5.32 Å². The predicted octanol–water partition coefficient (Wildman–Crippen LogP) is 6.58. The number of fused-ring (bicyclic) bond motifs is 2. The first-order valence-corrected chi connectivity index (χ1v) is 14.3. The molecule has 0 unspecified atom stereocenters. The van der Waals surface area contributed by atoms with Crippen molar-refractivity contribution >= 4 is 40.7 Å². The summed E-state index contributed by atoms with van der Waals surface area (Å²) in [6.45, 7) is 8.54. The Morgan fingerprint density at radius 2 is 1.84 bits per heavy atom. The maximum atomic E-state index is 15.8. The van der Waals surface area contributed by atoms with Crippen LogP contribution in [0.5, 0.6) is 0 Å². The van der Waals surface area contributed by atoms with Crippen molar-refractivity contribution in [3.63, 3.8) is 0 Å². The van der Waals surface area contributed by atoms with Gasteiger partial charge in [0.25, 0.3) is 0 Å². The minimum atomic E-state index is -1.23. The van der Waals surface area contributed by atoms with Crippen LogP contribution in [0, 0.1) is 17.2 Å². The first kappa shape index (κ1) is 27.4. The molecule has 1 saturated heterocycles. The molecule has 2 amide bonds. The van der Waals surface area contributed by atoms with E-state index in [4.69, 9.17) is 23.2 Å². The molecular weight excluding hydrogens is 524 g/mol. The van der Waals surface area contributed by atoms with Crippen LogP contribution in [0.1, 0.15) is 76.8 Å². The van der Waals surface area contributed by atoms with Crippen molar-refractivity contribution in [3.8, 4) is 0 Å². The predicted molar refractivity (Wildman–Crippen MR) is 150 cm³/mol. The summed E-state index contributed by atoms with van der Waals surface area (Å²) in [6.07, 6.45) is 4.53. The van der Waals surface area contributed by atoms with Crippen molar-refractivity contribution < 1.29 is 14.0 Å². The number of nitrogens with one attached hydrogen (secondary N) is 3. The summed E-state index contributed by atoms with van der Waals surface area (Å²) >= 11 is 12.6. The minimum absolute atomic E-state index is 0.0351. The van der Waals surface area contributed by atoms with Crippen LogP contribution in [0.15, 0.2) is 36.4 Å². The normalized spacial score (nSPS) is 30.8. The fourth-order valence-corrected chi connectivity index (χ4v) is 7.20. The van der Waals surface area contributed by atoms with Crippen molar-refractivity contribution in [3.05, 3.63) is 63.4 Å². The number of carbonyl (C=O) groups is 2. The number of rotatable bonds is 4. The van der Waals surface area contributed by atoms with Gasteiger partial charge in [-0.15, -0.1) is 0 Å². The Bertz CT molecular complexity index is 1250. The van der Waals surface area contributed by atoms with Crippen LogP contribution in [0.4, 0.5) is 10.1 Å². The maximum Gasteiger partial charge on any atom is 0.238 e. The summed E-state index contributed by atoms with van der Waals surface area (Å²) in [7, 11) is 0. The molecule has 0 aromatic heterocycles. The topological polar surface area (TPSA) is 70.2 Å². The van der Waals surface area contributed by atoms with Crippen LogP contribution < -0.4 is 16.0 Å². The van der Waals surface area contributed by atoms with Crippen LogP contribution in [0.25, 0.3) is 0 Å². The van der Waals surface area contributed by atoms with E-state index in [0.717, 1.165) is 31.2 Å². The number of halogens is 3. The van der Waals surface area contributed by atoms with Crippen LogP contribution in [-0.4, -0.2) is 29.9 Å². The van der Waals surface area contributed by atoms with Gasteiger partial charge in [-0.1, -0.05) is 69.1 Å². The van der Waals surface area contributed by atoms with Gasteiger partial charge >= 0.3 is 0 Å². The van der Waals surface area contributed by atoms with Crippen molar-refractivity contribution in [2.45, 2.75) is 89.3 Å². The van der Waals surface area contributed by atoms with E-state index in [-0.39, 0.29) is 33.9 Å². The Labute approximate surface area is 234 Å². The van der Waals surface area contributed by atoms with Crippen LogP contribution >= 0.6 is 23.2 Å². The van der Waals surface area contributed by atoms with E-state index >= 15 is 4.39 Å². The second-order valence-corrected chi connectivity index (χ2v) is 13.4. The summed E-state index contributed by atoms with van der Waals surface area (Å²) in [5.74, 6) is -1.25. The fourth-order valence-electron chi connectivity index (χ4n) is 6.85. The summed E-state index contributed by atoms with van der Waals surface area (Å²) in [5.41, 5.74) is 0.166. The Morgan fingerprint density at radius 3 is 2.53 bits per heavy atom. The highest BCUT2D eigenvalue weighted by Gasteiger charge is 2.66. The van der Waals surface area contributed by atoms with Crippen molar-refractivity contribution in [1.29, 1.82) is 0 Å². The van der Waals surface area contributed by atoms with E-state index in [1.165, 1.54) is 6.07 Å². The Balaban J connectivity index is 1.67. The quantitative estimate of drug-likeness (QED) is 0.396. The van der Waals surface area contributed by atoms with Crippen LogP contribution in [0.2, 0.25) is 10.0 Å². The molecule has 38 heavy (non-hydrogen) atoms. The second kappa shape index (κ2) is 10.1. The molecule has 3 N–H and O–H groups in total. The number of anilines is 1. The van der Waals surface area contributed by atoms with Gasteiger partial charge in [0.05, 0.1) is 11.1 Å². The van der Waals surface area contributed by atoms with E-state index in [1.807, 2.05) is 6.07 Å². The standard InChI is InChI=1S/C30H36Cl2FN3O2/c1-16-8-11-18(12-9-16)34-27(37)26-24(19-6-5-7-21(32)25(19)33)30(23(36-26)15-29(2,3)4)20-13-10-17(31)14-22(20)35-28(30)38/h5-7,10,13-14,16,18,23-24,26,36H,8-9,11-12,15H2,1-4H3,(H,34,37)(H,35,38)/t16?,18?,23-,24-,26+,30+/m0/s1. The number of hydrogen-bond acceptors (Lipinski definition) is 3. The smallest absolute Gasteiger partial charge is 0.238 e. The summed E-state index contributed by atoms with van der Waals surface area (Å²) in [6, 6.07) is 8.92. The zero-order valence-electron chi connectivity index (χ0n) is 22.3. The molecule has 0 bridgehead atoms. The molecule has 2 heterocycles. The molecule has 2 aromatic rings. The number of benzene rings is 2. The third-order valence-corrected chi connectivity index (χ3v) is 9.11. The van der Waals surface area contributed by atoms with E-state index < -0.39 is 29.2 Å². The minimum Gasteiger partial charge on any atom is -0.352 e. The van der Waals surface area contributed by atoms with Gasteiger partial charge in [-0.3, -0.25) is 9.59 Å². The lowest BCUT2D eigenvalue weighted by molar-refractivity contribution is -0.124. The monoisotopic (exact) mass is 559 g/mol. The van der Waals surface area contributed by atoms with Gasteiger partial charge in [-0.2, -0.15) is 0 Å². The molecule has 1 spiro atoms. The molecule has 4 atom stereocenters. The average molecular weight is 561 g/mol. The number of hydrogen-bond donors (Lipinski definition) is 3. The lowest BCUT2D eigenvalue weighted by Crippen LogP contribution is -2.49. The Morgan fingerprint density at radius 1 is 1.13 bits per heavy atom. The summed E-state index contributed by atoms with van der Waals surface area (Å²) < 4.78 is 15.8. The van der Waals surface area contributed by atoms with Gasteiger partial charge in [0.2, 0.25) is 11.8 Å². The third-order valence-electron chi connectivity index (χ3n) is 8.58. The average Bonchev–Trinajstić information content (AvgIpc) is 3.31. The van der Waals surface area contributed by atoms with Gasteiger partial charge in [0.15, 0.2) is 0 Å². The van der Waals surface area contributed by atoms with Gasteiger partial charge in [-0.05, 0) is 72.8 Å². The van der Waals surface area contributed by atoms with Gasteiger partial charge < -0.3 is 16.0 Å². The first-order chi connectivity index (χ1) is 17.9. The highest BCUT2D eigenvalue weighted by molar-refractivity contribution is 6.31. The second-order valence-electron chi connectivity index (χ2n) is 12.6. The zero-order chi connectivity index (χ0) is 27.4. The Kier molecular flexibility index (Phi) is 7.29. The lowest BCUT2D eigenvalue weighted by Gasteiger charge is -2.38. The highest BCUT2D eigenvalue weighted by Crippen LogP contribution is 2.57. The highest BCUT2D eigenvalue weighted by atomic mass is 35.5. The van der Waals surface area contributed by atoms with Crippen molar-refractivity contribution in [1.82, 2.24) is 10.6 Å². The molecule has 1 saturated carbocycles. The summed E-state index contributed by atoms with van der Waals surface area (Å²) in [4.78, 5) is 28.2. The van der Waals surface area contributed by atoms with E-state index in [9.17, 15) is 9.59 Å². The van der Waals surface area contributed by atoms with Gasteiger partial charge in [0.1, 0.15) is 11.2 Å². The molecular formula is C30H36Cl2FN3O2. The molecule has 0 radical (unpaired) electrons. The van der Waals surface area contributed by atoms with E-state index in [0.29, 0.717) is 23.0 Å². The molecule has 1 aliphatic carbocycles. The van der Waals surface area contributed by atoms with Crippen molar-refractivity contribution in [2.24, 2.45) is 11.3 Å². The first-order valence-electron chi connectivity index (χ1n) is 13.5. The molecule has 5 nitrogen and oxygen atoms in total. The van der Waals surface area contributed by atoms with Crippen LogP contribution in [-0.2, 0) is 15.0 Å². The van der Waals surface area contributed by atoms with E-state index in [1.54, 1.807) is 24.3 Å². The third kappa shape index (κ3) is 4.73. The van der Waals surface area contributed by atoms with Crippen LogP contribution in [0.3, 0.4) is 0 Å². The lowest BCUT2D eigenvalue weighted by atomic mass is 9.62. The molecule has 2 aromatic carbocycles. The van der Waals surface area contributed by atoms with E-state index in [2.05, 4.69) is 43.6 Å². The number of amides is 2. The summed E-state index contributed by atoms with van der Waals surface area (Å²) in [5, 5.41) is 10.3. The number of carbonyl (C=O) groups excluding carboxylic acids is 2. The van der Waals surface area contributed by atoms with Gasteiger partial charge in [-0.25, -0.2) is 4.39 Å². The zero-order valence-corrected chi connectivity index (χ0v) is 23.8. The molecule has 204 valence electrons. The largest absolute Gasteiger partial charge is 0.352 e. The molecule has 8 heteroatoms. The Hall–Kier alpha value is -2.15. The van der Waals surface area contributed by atoms with Gasteiger partial charge in [0, 0.05) is 28.7 Å². The SMILES string of the molecule is CC1CCC(NC(=O)[C@@H]2N[C@@H](CC(C)(C)C)[C@@]3(C(=O)Nc4cc(Cl)ccc43)[C@H]2c2cccc(Cl)c2F)CC1. The molecule has 3 aliphatic rings. The maximum absolute atomic E-state index is 15.8.